The molecule has 2 aromatic heterocycles. The number of benzene rings is 2. The van der Waals surface area contributed by atoms with Crippen molar-refractivity contribution >= 4 is 40.4 Å². The molecule has 2 aromatic carbocycles. The molecule has 0 spiro atoms. The van der Waals surface area contributed by atoms with Gasteiger partial charge in [-0.25, -0.2) is 4.98 Å². The fourth-order valence-corrected chi connectivity index (χ4v) is 5.83. The lowest BCUT2D eigenvalue weighted by Gasteiger charge is -2.37. The molecule has 8 heteroatoms. The molecule has 41 heavy (non-hydrogen) atoms. The van der Waals surface area contributed by atoms with Crippen LogP contribution < -0.4 is 15.6 Å². The lowest BCUT2D eigenvalue weighted by molar-refractivity contribution is 0.112. The number of phenolic OH excluding ortho intramolecular Hbond substituents is 1. The van der Waals surface area contributed by atoms with Crippen molar-refractivity contribution in [3.63, 3.8) is 0 Å². The standard InChI is InChI=1S/C33H36ClN3O4/c1-18-15-23(31-24(16-18)30(40)20(3)32(41-31)37-13-11-33(5,6)12-14-37)21(4)35-26-8-10-28(34)36-29(26)22-7-9-27(39)25(17-38)19(22)2/h7-10,15-17,21,35,39H,11-14H2,1-6H3/t21-/m1/s1. The molecule has 1 atom stereocenters. The molecule has 5 rings (SSSR count). The van der Waals surface area contributed by atoms with Gasteiger partial charge in [-0.1, -0.05) is 31.5 Å². The summed E-state index contributed by atoms with van der Waals surface area (Å²) in [7, 11) is 0. The van der Waals surface area contributed by atoms with Crippen LogP contribution in [0.1, 0.15) is 72.3 Å². The molecule has 0 aliphatic carbocycles. The molecule has 1 fully saturated rings. The van der Waals surface area contributed by atoms with Crippen LogP contribution in [0.2, 0.25) is 5.15 Å². The van der Waals surface area contributed by atoms with Crippen molar-refractivity contribution in [2.45, 2.75) is 60.4 Å². The summed E-state index contributed by atoms with van der Waals surface area (Å²) in [6, 6.07) is 10.4. The largest absolute Gasteiger partial charge is 0.507 e. The third-order valence-corrected chi connectivity index (χ3v) is 8.55. The summed E-state index contributed by atoms with van der Waals surface area (Å²) in [4.78, 5) is 32.1. The molecule has 214 valence electrons. The molecule has 1 aliphatic heterocycles. The zero-order valence-electron chi connectivity index (χ0n) is 24.4. The number of hydrogen-bond acceptors (Lipinski definition) is 7. The molecule has 0 saturated carbocycles. The van der Waals surface area contributed by atoms with Gasteiger partial charge in [-0.3, -0.25) is 9.59 Å². The average molecular weight is 574 g/mol. The Bertz CT molecular complexity index is 1720. The van der Waals surface area contributed by atoms with Crippen LogP contribution >= 0.6 is 11.6 Å². The number of rotatable bonds is 6. The maximum absolute atomic E-state index is 13.6. The monoisotopic (exact) mass is 573 g/mol. The summed E-state index contributed by atoms with van der Waals surface area (Å²) in [5.74, 6) is 0.557. The van der Waals surface area contributed by atoms with E-state index in [-0.39, 0.29) is 28.2 Å². The molecular weight excluding hydrogens is 538 g/mol. The second kappa shape index (κ2) is 10.9. The number of anilines is 2. The molecule has 3 heterocycles. The predicted molar refractivity (Wildman–Crippen MR) is 166 cm³/mol. The minimum Gasteiger partial charge on any atom is -0.507 e. The SMILES string of the molecule is Cc1cc([C@@H](C)Nc2ccc(Cl)nc2-c2ccc(O)c(C=O)c2C)c2oc(N3CCC(C)(C)CC3)c(C)c(=O)c2c1. The van der Waals surface area contributed by atoms with E-state index in [1.54, 1.807) is 19.1 Å². The molecule has 0 amide bonds. The number of hydrogen-bond donors (Lipinski definition) is 2. The van der Waals surface area contributed by atoms with E-state index in [2.05, 4.69) is 29.0 Å². The maximum atomic E-state index is 13.6. The minimum absolute atomic E-state index is 0.0156. The number of carbonyl (C=O) groups excluding carboxylic acids is 1. The molecule has 4 aromatic rings. The predicted octanol–water partition coefficient (Wildman–Crippen LogP) is 7.75. The molecule has 0 unspecified atom stereocenters. The fourth-order valence-electron chi connectivity index (χ4n) is 5.68. The van der Waals surface area contributed by atoms with Crippen LogP contribution in [0, 0.1) is 26.2 Å². The highest BCUT2D eigenvalue weighted by Gasteiger charge is 2.29. The highest BCUT2D eigenvalue weighted by atomic mass is 35.5. The van der Waals surface area contributed by atoms with Gasteiger partial charge in [0.2, 0.25) is 5.88 Å². The van der Waals surface area contributed by atoms with E-state index in [1.165, 1.54) is 6.07 Å². The number of nitrogens with one attached hydrogen (secondary N) is 1. The van der Waals surface area contributed by atoms with Gasteiger partial charge in [-0.15, -0.1) is 0 Å². The smallest absolute Gasteiger partial charge is 0.202 e. The van der Waals surface area contributed by atoms with Gasteiger partial charge in [0.25, 0.3) is 0 Å². The second-order valence-electron chi connectivity index (χ2n) is 11.9. The third kappa shape index (κ3) is 5.43. The number of halogens is 1. The first-order chi connectivity index (χ1) is 19.4. The number of aryl methyl sites for hydroxylation is 1. The van der Waals surface area contributed by atoms with Gasteiger partial charge in [0, 0.05) is 24.2 Å². The molecule has 0 radical (unpaired) electrons. The normalized spacial score (nSPS) is 15.6. The first kappa shape index (κ1) is 28.7. The van der Waals surface area contributed by atoms with Gasteiger partial charge in [-0.2, -0.15) is 0 Å². The molecule has 0 bridgehead atoms. The Hall–Kier alpha value is -3.84. The zero-order valence-corrected chi connectivity index (χ0v) is 25.1. The van der Waals surface area contributed by atoms with Crippen molar-refractivity contribution in [3.05, 3.63) is 79.6 Å². The van der Waals surface area contributed by atoms with E-state index in [4.69, 9.17) is 16.0 Å². The summed E-state index contributed by atoms with van der Waals surface area (Å²) in [5.41, 5.74) is 5.99. The highest BCUT2D eigenvalue weighted by molar-refractivity contribution is 6.29. The summed E-state index contributed by atoms with van der Waals surface area (Å²) < 4.78 is 6.61. The van der Waals surface area contributed by atoms with Crippen molar-refractivity contribution in [2.24, 2.45) is 5.41 Å². The molecular formula is C33H36ClN3O4. The Morgan fingerprint density at radius 3 is 2.49 bits per heavy atom. The number of carbonyl (C=O) groups is 1. The maximum Gasteiger partial charge on any atom is 0.202 e. The van der Waals surface area contributed by atoms with E-state index in [0.29, 0.717) is 56.4 Å². The number of aromatic hydroxyl groups is 1. The third-order valence-electron chi connectivity index (χ3n) is 8.34. The Morgan fingerprint density at radius 1 is 1.10 bits per heavy atom. The number of phenols is 1. The summed E-state index contributed by atoms with van der Waals surface area (Å²) in [6.45, 7) is 13.8. The van der Waals surface area contributed by atoms with Gasteiger partial charge < -0.3 is 19.7 Å². The van der Waals surface area contributed by atoms with Crippen LogP contribution in [-0.2, 0) is 0 Å². The van der Waals surface area contributed by atoms with Crippen LogP contribution in [0.25, 0.3) is 22.2 Å². The minimum atomic E-state index is -0.277. The highest BCUT2D eigenvalue weighted by Crippen LogP contribution is 2.38. The van der Waals surface area contributed by atoms with E-state index in [0.717, 1.165) is 37.1 Å². The van der Waals surface area contributed by atoms with Crippen LogP contribution in [0.3, 0.4) is 0 Å². The van der Waals surface area contributed by atoms with E-state index in [9.17, 15) is 14.7 Å². The van der Waals surface area contributed by atoms with Crippen LogP contribution in [0.4, 0.5) is 11.6 Å². The first-order valence-corrected chi connectivity index (χ1v) is 14.3. The van der Waals surface area contributed by atoms with E-state index >= 15 is 0 Å². The molecule has 1 aliphatic rings. The fraction of sp³-hybridized carbons (Fsp3) is 0.364. The Kier molecular flexibility index (Phi) is 7.60. The zero-order chi connectivity index (χ0) is 29.6. The molecule has 7 nitrogen and oxygen atoms in total. The van der Waals surface area contributed by atoms with Gasteiger partial charge in [0.15, 0.2) is 11.7 Å². The Labute approximate surface area is 245 Å². The Balaban J connectivity index is 1.59. The average Bonchev–Trinajstić information content (AvgIpc) is 2.92. The number of nitrogens with zero attached hydrogens (tertiary/aromatic N) is 2. The van der Waals surface area contributed by atoms with Crippen LogP contribution in [0.5, 0.6) is 5.75 Å². The van der Waals surface area contributed by atoms with Crippen molar-refractivity contribution in [1.29, 1.82) is 0 Å². The first-order valence-electron chi connectivity index (χ1n) is 13.9. The van der Waals surface area contributed by atoms with Crippen LogP contribution in [0.15, 0.2) is 45.6 Å². The van der Waals surface area contributed by atoms with Gasteiger partial charge in [0.05, 0.1) is 33.9 Å². The molecule has 1 saturated heterocycles. The summed E-state index contributed by atoms with van der Waals surface area (Å²) >= 11 is 6.31. The van der Waals surface area contributed by atoms with Gasteiger partial charge >= 0.3 is 0 Å². The quantitative estimate of drug-likeness (QED) is 0.180. The van der Waals surface area contributed by atoms with E-state index < -0.39 is 0 Å². The lowest BCUT2D eigenvalue weighted by Crippen LogP contribution is -2.38. The van der Waals surface area contributed by atoms with Crippen molar-refractivity contribution in [2.75, 3.05) is 23.3 Å². The lowest BCUT2D eigenvalue weighted by atomic mass is 9.82. The number of aldehydes is 1. The summed E-state index contributed by atoms with van der Waals surface area (Å²) in [6.07, 6.45) is 2.70. The Morgan fingerprint density at radius 2 is 1.80 bits per heavy atom. The van der Waals surface area contributed by atoms with Crippen molar-refractivity contribution in [1.82, 2.24) is 4.98 Å². The number of fused-ring (bicyclic) bond motifs is 1. The second-order valence-corrected chi connectivity index (χ2v) is 12.3. The van der Waals surface area contributed by atoms with E-state index in [1.807, 2.05) is 39.0 Å². The number of pyridine rings is 1. The number of piperidine rings is 1. The van der Waals surface area contributed by atoms with Crippen molar-refractivity contribution < 1.29 is 14.3 Å². The van der Waals surface area contributed by atoms with Gasteiger partial charge in [-0.05, 0) is 87.4 Å². The topological polar surface area (TPSA) is 95.7 Å². The van der Waals surface area contributed by atoms with Gasteiger partial charge in [0.1, 0.15) is 16.5 Å². The molecule has 2 N–H and O–H groups in total. The van der Waals surface area contributed by atoms with Crippen molar-refractivity contribution in [3.8, 4) is 17.0 Å². The van der Waals surface area contributed by atoms with Crippen LogP contribution in [-0.4, -0.2) is 29.5 Å². The number of aromatic nitrogens is 1. The summed E-state index contributed by atoms with van der Waals surface area (Å²) in [5, 5.41) is 14.6.